The number of H-pyrrole nitrogens is 1. The first kappa shape index (κ1) is 20.5. The first-order valence-electron chi connectivity index (χ1n) is 9.16. The molecule has 1 atom stereocenters. The van der Waals surface area contributed by atoms with Crippen LogP contribution >= 0.6 is 23.2 Å². The maximum absolute atomic E-state index is 12.0. The number of hydrogen-bond donors (Lipinski definition) is 2. The number of hydrogen-bond acceptors (Lipinski definition) is 3. The van der Waals surface area contributed by atoms with E-state index in [0.29, 0.717) is 41.8 Å². The number of pyridine rings is 1. The molecule has 0 unspecified atom stereocenters. The molecule has 1 saturated heterocycles. The summed E-state index contributed by atoms with van der Waals surface area (Å²) in [4.78, 5) is 26.4. The zero-order valence-corrected chi connectivity index (χ0v) is 17.2. The minimum atomic E-state index is -0.372. The second-order valence-electron chi connectivity index (χ2n) is 7.19. The summed E-state index contributed by atoms with van der Waals surface area (Å²) in [6.07, 6.45) is 3.11. The summed E-state index contributed by atoms with van der Waals surface area (Å²) in [6, 6.07) is 8.68. The Labute approximate surface area is 173 Å². The Morgan fingerprint density at radius 3 is 2.61 bits per heavy atom. The Morgan fingerprint density at radius 2 is 2.00 bits per heavy atom. The van der Waals surface area contributed by atoms with Crippen LogP contribution in [-0.2, 0) is 4.79 Å². The van der Waals surface area contributed by atoms with Crippen molar-refractivity contribution < 1.29 is 9.53 Å². The maximum Gasteiger partial charge on any atom is 0.267 e. The molecule has 2 heterocycles. The van der Waals surface area contributed by atoms with Crippen LogP contribution in [0.5, 0.6) is 5.75 Å². The Bertz CT molecular complexity index is 966. The van der Waals surface area contributed by atoms with Crippen LogP contribution in [0.4, 0.5) is 0 Å². The molecule has 1 amide bonds. The summed E-state index contributed by atoms with van der Waals surface area (Å²) in [5.41, 5.74) is 1.80. The Morgan fingerprint density at radius 1 is 1.21 bits per heavy atom. The molecule has 0 bridgehead atoms. The van der Waals surface area contributed by atoms with Gasteiger partial charge in [-0.25, -0.2) is 0 Å². The third-order valence-corrected chi connectivity index (χ3v) is 4.96. The van der Waals surface area contributed by atoms with Gasteiger partial charge < -0.3 is 15.0 Å². The lowest BCUT2D eigenvalue weighted by Gasteiger charge is -2.15. The molecule has 1 aliphatic heterocycles. The van der Waals surface area contributed by atoms with Gasteiger partial charge in [0.2, 0.25) is 5.91 Å². The predicted octanol–water partition coefficient (Wildman–Crippen LogP) is 4.43. The van der Waals surface area contributed by atoms with Gasteiger partial charge in [0.05, 0.1) is 11.6 Å². The number of halogens is 2. The fraction of sp³-hybridized carbons (Fsp3) is 0.333. The van der Waals surface area contributed by atoms with Crippen molar-refractivity contribution >= 4 is 34.7 Å². The smallest absolute Gasteiger partial charge is 0.267 e. The zero-order valence-electron chi connectivity index (χ0n) is 15.7. The Balaban J connectivity index is 2.00. The predicted molar refractivity (Wildman–Crippen MR) is 112 cm³/mol. The van der Waals surface area contributed by atoms with E-state index in [9.17, 15) is 9.59 Å². The second-order valence-corrected chi connectivity index (χ2v) is 8.01. The number of benzene rings is 1. The average molecular weight is 421 g/mol. The van der Waals surface area contributed by atoms with Gasteiger partial charge in [-0.05, 0) is 42.2 Å². The van der Waals surface area contributed by atoms with E-state index in [1.165, 1.54) is 0 Å². The number of amides is 1. The lowest BCUT2D eigenvalue weighted by atomic mass is 9.99. The number of ether oxygens (including phenoxy) is 1. The largest absolute Gasteiger partial charge is 0.492 e. The highest BCUT2D eigenvalue weighted by atomic mass is 35.5. The molecule has 7 heteroatoms. The van der Waals surface area contributed by atoms with Crippen molar-refractivity contribution in [3.05, 3.63) is 68.1 Å². The molecule has 1 fully saturated rings. The van der Waals surface area contributed by atoms with Crippen LogP contribution in [0.1, 0.15) is 37.9 Å². The summed E-state index contributed by atoms with van der Waals surface area (Å²) in [5.74, 6) is 1.01. The number of nitrogens with one attached hydrogen (secondary N) is 2. The standard InChI is InChI=1S/C21H22Cl2N2O3/c1-12(2)11-28-19-7-3-13(9-17(19)23)15(10-14-4-8-20(26)24-14)18-6-5-16(22)21(27)25-18/h3,5-7,9-10,12,14H,4,8,11H2,1-2H3,(H,24,26)(H,25,27)/t14-/m1/s1. The van der Waals surface area contributed by atoms with Crippen LogP contribution in [0.2, 0.25) is 10.0 Å². The molecule has 0 spiro atoms. The minimum Gasteiger partial charge on any atom is -0.492 e. The number of aromatic amines is 1. The van der Waals surface area contributed by atoms with E-state index in [1.54, 1.807) is 18.2 Å². The normalized spacial score (nSPS) is 17.1. The quantitative estimate of drug-likeness (QED) is 0.725. The van der Waals surface area contributed by atoms with E-state index in [4.69, 9.17) is 27.9 Å². The molecule has 0 saturated carbocycles. The van der Waals surface area contributed by atoms with Gasteiger partial charge >= 0.3 is 0 Å². The van der Waals surface area contributed by atoms with Crippen molar-refractivity contribution in [3.63, 3.8) is 0 Å². The molecular formula is C21H22Cl2N2O3. The number of rotatable bonds is 6. The number of carbonyl (C=O) groups excluding carboxylic acids is 1. The lowest BCUT2D eigenvalue weighted by molar-refractivity contribution is -0.119. The molecule has 2 N–H and O–H groups in total. The van der Waals surface area contributed by atoms with Gasteiger partial charge in [0.25, 0.3) is 5.56 Å². The first-order valence-corrected chi connectivity index (χ1v) is 9.92. The van der Waals surface area contributed by atoms with Crippen molar-refractivity contribution in [2.75, 3.05) is 6.61 Å². The van der Waals surface area contributed by atoms with Crippen molar-refractivity contribution in [2.45, 2.75) is 32.7 Å². The summed E-state index contributed by atoms with van der Waals surface area (Å²) < 4.78 is 5.74. The highest BCUT2D eigenvalue weighted by Crippen LogP contribution is 2.31. The third kappa shape index (κ3) is 4.97. The molecule has 1 aromatic carbocycles. The van der Waals surface area contributed by atoms with E-state index in [-0.39, 0.29) is 22.5 Å². The SMILES string of the molecule is CC(C)COc1ccc(C(=C[C@H]2CCC(=O)N2)c2ccc(Cl)c(=O)[nH]2)cc1Cl. The van der Waals surface area contributed by atoms with Gasteiger partial charge in [-0.15, -0.1) is 0 Å². The fourth-order valence-corrected chi connectivity index (χ4v) is 3.31. The number of aromatic nitrogens is 1. The average Bonchev–Trinajstić information content (AvgIpc) is 3.06. The van der Waals surface area contributed by atoms with Crippen LogP contribution in [0.25, 0.3) is 5.57 Å². The van der Waals surface area contributed by atoms with Gasteiger partial charge in [-0.3, -0.25) is 9.59 Å². The summed E-state index contributed by atoms with van der Waals surface area (Å²) in [6.45, 7) is 4.70. The molecule has 28 heavy (non-hydrogen) atoms. The van der Waals surface area contributed by atoms with E-state index in [0.717, 1.165) is 11.1 Å². The van der Waals surface area contributed by atoms with Crippen molar-refractivity contribution in [3.8, 4) is 5.75 Å². The van der Waals surface area contributed by atoms with Crippen molar-refractivity contribution in [1.29, 1.82) is 0 Å². The summed E-state index contributed by atoms with van der Waals surface area (Å²) >= 11 is 12.3. The Hall–Kier alpha value is -2.24. The lowest BCUT2D eigenvalue weighted by Crippen LogP contribution is -2.23. The monoisotopic (exact) mass is 420 g/mol. The molecule has 5 nitrogen and oxygen atoms in total. The van der Waals surface area contributed by atoms with Crippen LogP contribution in [0.3, 0.4) is 0 Å². The molecular weight excluding hydrogens is 399 g/mol. The van der Waals surface area contributed by atoms with Gasteiger partial charge in [-0.2, -0.15) is 0 Å². The van der Waals surface area contributed by atoms with E-state index >= 15 is 0 Å². The fourth-order valence-electron chi connectivity index (χ4n) is 2.96. The first-order chi connectivity index (χ1) is 13.3. The van der Waals surface area contributed by atoms with Gasteiger partial charge in [0, 0.05) is 23.7 Å². The Kier molecular flexibility index (Phi) is 6.47. The summed E-state index contributed by atoms with van der Waals surface area (Å²) in [5, 5.41) is 3.52. The highest BCUT2D eigenvalue weighted by molar-refractivity contribution is 6.32. The maximum atomic E-state index is 12.0. The summed E-state index contributed by atoms with van der Waals surface area (Å²) in [7, 11) is 0. The minimum absolute atomic E-state index is 0.0145. The van der Waals surface area contributed by atoms with E-state index < -0.39 is 0 Å². The molecule has 0 radical (unpaired) electrons. The van der Waals surface area contributed by atoms with Crippen molar-refractivity contribution in [2.24, 2.45) is 5.92 Å². The van der Waals surface area contributed by atoms with Crippen molar-refractivity contribution in [1.82, 2.24) is 10.3 Å². The van der Waals surface area contributed by atoms with Gasteiger partial charge in [0.15, 0.2) is 0 Å². The van der Waals surface area contributed by atoms with Crippen LogP contribution in [-0.4, -0.2) is 23.5 Å². The zero-order chi connectivity index (χ0) is 20.3. The van der Waals surface area contributed by atoms with Crippen LogP contribution in [0.15, 0.2) is 41.2 Å². The molecule has 2 aromatic rings. The molecule has 1 aliphatic rings. The van der Waals surface area contributed by atoms with Gasteiger partial charge in [-0.1, -0.05) is 49.2 Å². The van der Waals surface area contributed by atoms with Crippen LogP contribution < -0.4 is 15.6 Å². The second kappa shape index (κ2) is 8.84. The molecule has 0 aliphatic carbocycles. The van der Waals surface area contributed by atoms with Gasteiger partial charge in [0.1, 0.15) is 10.8 Å². The molecule has 148 valence electrons. The topological polar surface area (TPSA) is 71.2 Å². The van der Waals surface area contributed by atoms with Crippen LogP contribution in [0, 0.1) is 5.92 Å². The highest BCUT2D eigenvalue weighted by Gasteiger charge is 2.21. The van der Waals surface area contributed by atoms with E-state index in [1.807, 2.05) is 18.2 Å². The number of carbonyl (C=O) groups is 1. The molecule has 3 rings (SSSR count). The van der Waals surface area contributed by atoms with E-state index in [2.05, 4.69) is 24.1 Å². The molecule has 1 aromatic heterocycles. The third-order valence-electron chi connectivity index (χ3n) is 4.36.